The van der Waals surface area contributed by atoms with Crippen molar-refractivity contribution in [2.75, 3.05) is 0 Å². The highest BCUT2D eigenvalue weighted by Crippen LogP contribution is 2.10. The molecular weight excluding hydrogens is 150 g/mol. The molecule has 0 amide bonds. The average Bonchev–Trinajstić information content (AvgIpc) is 2.41. The van der Waals surface area contributed by atoms with E-state index in [4.69, 9.17) is 0 Å². The Morgan fingerprint density at radius 1 is 1.08 bits per heavy atom. The fourth-order valence-electron chi connectivity index (χ4n) is 1.41. The number of aromatic nitrogens is 3. The van der Waals surface area contributed by atoms with Crippen LogP contribution in [0.2, 0.25) is 0 Å². The van der Waals surface area contributed by atoms with Crippen molar-refractivity contribution in [3.63, 3.8) is 0 Å². The third kappa shape index (κ3) is 0.826. The van der Waals surface area contributed by atoms with Gasteiger partial charge in [0.1, 0.15) is 5.82 Å². The Morgan fingerprint density at radius 2 is 1.75 bits per heavy atom. The SMILES string of the molecule is Cc1ncc2cnc(C)n2c1C. The van der Waals surface area contributed by atoms with Crippen LogP contribution < -0.4 is 0 Å². The molecule has 0 aliphatic carbocycles. The summed E-state index contributed by atoms with van der Waals surface area (Å²) in [6, 6.07) is 0. The molecule has 0 bridgehead atoms. The summed E-state index contributed by atoms with van der Waals surface area (Å²) in [5.74, 6) is 1.02. The zero-order chi connectivity index (χ0) is 8.72. The van der Waals surface area contributed by atoms with E-state index in [-0.39, 0.29) is 0 Å². The van der Waals surface area contributed by atoms with Crippen LogP contribution in [0.15, 0.2) is 12.4 Å². The molecule has 0 saturated carbocycles. The molecule has 3 heteroatoms. The lowest BCUT2D eigenvalue weighted by Crippen LogP contribution is -1.98. The minimum absolute atomic E-state index is 1.02. The molecule has 12 heavy (non-hydrogen) atoms. The Kier molecular flexibility index (Phi) is 1.40. The van der Waals surface area contributed by atoms with Gasteiger partial charge in [0.2, 0.25) is 0 Å². The van der Waals surface area contributed by atoms with Crippen LogP contribution in [0.25, 0.3) is 5.52 Å². The van der Waals surface area contributed by atoms with Gasteiger partial charge in [-0.05, 0) is 20.8 Å². The standard InChI is InChI=1S/C9H11N3/c1-6-7(2)12-8(3)11-5-9(12)4-10-6/h4-5H,1-3H3. The first-order chi connectivity index (χ1) is 5.70. The van der Waals surface area contributed by atoms with Crippen LogP contribution in [0.3, 0.4) is 0 Å². The summed E-state index contributed by atoms with van der Waals surface area (Å²) in [6.07, 6.45) is 3.69. The Bertz CT molecular complexity index is 429. The normalized spacial score (nSPS) is 10.9. The van der Waals surface area contributed by atoms with Crippen LogP contribution in [-0.4, -0.2) is 14.4 Å². The van der Waals surface area contributed by atoms with Gasteiger partial charge in [0.05, 0.1) is 23.6 Å². The Labute approximate surface area is 71.1 Å². The molecule has 2 heterocycles. The molecule has 0 saturated heterocycles. The smallest absolute Gasteiger partial charge is 0.110 e. The summed E-state index contributed by atoms with van der Waals surface area (Å²) in [5, 5.41) is 0. The topological polar surface area (TPSA) is 30.2 Å². The van der Waals surface area contributed by atoms with Crippen LogP contribution >= 0.6 is 0 Å². The molecule has 3 nitrogen and oxygen atoms in total. The monoisotopic (exact) mass is 161 g/mol. The van der Waals surface area contributed by atoms with E-state index in [2.05, 4.69) is 21.3 Å². The van der Waals surface area contributed by atoms with E-state index >= 15 is 0 Å². The van der Waals surface area contributed by atoms with Crippen molar-refractivity contribution in [2.45, 2.75) is 20.8 Å². The number of nitrogens with zero attached hydrogens (tertiary/aromatic N) is 3. The Balaban J connectivity index is 2.96. The molecule has 0 unspecified atom stereocenters. The van der Waals surface area contributed by atoms with Gasteiger partial charge in [-0.3, -0.25) is 9.38 Å². The van der Waals surface area contributed by atoms with E-state index in [1.807, 2.05) is 26.2 Å². The lowest BCUT2D eigenvalue weighted by Gasteiger charge is -2.03. The summed E-state index contributed by atoms with van der Waals surface area (Å²) >= 11 is 0. The van der Waals surface area contributed by atoms with Gasteiger partial charge in [-0.1, -0.05) is 0 Å². The second kappa shape index (κ2) is 2.30. The number of hydrogen-bond acceptors (Lipinski definition) is 2. The minimum Gasteiger partial charge on any atom is -0.298 e. The number of hydrogen-bond donors (Lipinski definition) is 0. The fourth-order valence-corrected chi connectivity index (χ4v) is 1.41. The number of rotatable bonds is 0. The van der Waals surface area contributed by atoms with Gasteiger partial charge in [-0.15, -0.1) is 0 Å². The van der Waals surface area contributed by atoms with E-state index < -0.39 is 0 Å². The summed E-state index contributed by atoms with van der Waals surface area (Å²) < 4.78 is 2.11. The molecule has 0 fully saturated rings. The summed E-state index contributed by atoms with van der Waals surface area (Å²) in [5.41, 5.74) is 3.29. The highest BCUT2D eigenvalue weighted by molar-refractivity contribution is 5.45. The number of aryl methyl sites for hydroxylation is 3. The van der Waals surface area contributed by atoms with Crippen molar-refractivity contribution in [2.24, 2.45) is 0 Å². The van der Waals surface area contributed by atoms with Crippen molar-refractivity contribution in [1.82, 2.24) is 14.4 Å². The van der Waals surface area contributed by atoms with E-state index in [1.165, 1.54) is 5.69 Å². The molecule has 0 N–H and O–H groups in total. The van der Waals surface area contributed by atoms with Gasteiger partial charge in [-0.25, -0.2) is 4.98 Å². The van der Waals surface area contributed by atoms with E-state index in [0.717, 1.165) is 17.0 Å². The molecular formula is C9H11N3. The minimum atomic E-state index is 1.02. The van der Waals surface area contributed by atoms with Crippen LogP contribution in [0.1, 0.15) is 17.2 Å². The third-order valence-corrected chi connectivity index (χ3v) is 2.21. The zero-order valence-electron chi connectivity index (χ0n) is 7.50. The maximum atomic E-state index is 4.26. The van der Waals surface area contributed by atoms with Crippen LogP contribution in [0, 0.1) is 20.8 Å². The molecule has 0 aliphatic heterocycles. The van der Waals surface area contributed by atoms with Gasteiger partial charge in [0.15, 0.2) is 0 Å². The van der Waals surface area contributed by atoms with Crippen molar-refractivity contribution >= 4 is 5.52 Å². The second-order valence-corrected chi connectivity index (χ2v) is 2.99. The van der Waals surface area contributed by atoms with E-state index in [0.29, 0.717) is 0 Å². The molecule has 2 rings (SSSR count). The number of fused-ring (bicyclic) bond motifs is 1. The van der Waals surface area contributed by atoms with Crippen molar-refractivity contribution < 1.29 is 0 Å². The Morgan fingerprint density at radius 3 is 2.50 bits per heavy atom. The van der Waals surface area contributed by atoms with Crippen molar-refractivity contribution in [3.8, 4) is 0 Å². The maximum absolute atomic E-state index is 4.26. The van der Waals surface area contributed by atoms with Crippen molar-refractivity contribution in [3.05, 3.63) is 29.6 Å². The first-order valence-corrected chi connectivity index (χ1v) is 3.96. The third-order valence-electron chi connectivity index (χ3n) is 2.21. The van der Waals surface area contributed by atoms with E-state index in [9.17, 15) is 0 Å². The quantitative estimate of drug-likeness (QED) is 0.588. The zero-order valence-corrected chi connectivity index (χ0v) is 7.50. The van der Waals surface area contributed by atoms with Crippen LogP contribution in [0.5, 0.6) is 0 Å². The molecule has 0 atom stereocenters. The summed E-state index contributed by atoms with van der Waals surface area (Å²) in [6.45, 7) is 6.07. The second-order valence-electron chi connectivity index (χ2n) is 2.99. The molecule has 0 aromatic carbocycles. The lowest BCUT2D eigenvalue weighted by molar-refractivity contribution is 0.947. The van der Waals surface area contributed by atoms with Gasteiger partial charge in [-0.2, -0.15) is 0 Å². The van der Waals surface area contributed by atoms with E-state index in [1.54, 1.807) is 0 Å². The predicted molar refractivity (Wildman–Crippen MR) is 47.2 cm³/mol. The molecule has 2 aromatic heterocycles. The predicted octanol–water partition coefficient (Wildman–Crippen LogP) is 1.65. The molecule has 2 aromatic rings. The highest BCUT2D eigenvalue weighted by Gasteiger charge is 2.03. The van der Waals surface area contributed by atoms with Crippen molar-refractivity contribution in [1.29, 1.82) is 0 Å². The summed E-state index contributed by atoms with van der Waals surface area (Å²) in [4.78, 5) is 8.48. The largest absolute Gasteiger partial charge is 0.298 e. The fraction of sp³-hybridized carbons (Fsp3) is 0.333. The Hall–Kier alpha value is -1.38. The first kappa shape index (κ1) is 7.28. The van der Waals surface area contributed by atoms with Crippen LogP contribution in [0.4, 0.5) is 0 Å². The van der Waals surface area contributed by atoms with Crippen LogP contribution in [-0.2, 0) is 0 Å². The molecule has 0 aliphatic rings. The maximum Gasteiger partial charge on any atom is 0.110 e. The van der Waals surface area contributed by atoms with Gasteiger partial charge in [0.25, 0.3) is 0 Å². The van der Waals surface area contributed by atoms with Gasteiger partial charge in [0, 0.05) is 5.69 Å². The lowest BCUT2D eigenvalue weighted by atomic mass is 10.3. The molecule has 0 radical (unpaired) electrons. The van der Waals surface area contributed by atoms with Gasteiger partial charge >= 0.3 is 0 Å². The number of imidazole rings is 1. The highest BCUT2D eigenvalue weighted by atomic mass is 15.0. The molecule has 0 spiro atoms. The first-order valence-electron chi connectivity index (χ1n) is 3.96. The average molecular weight is 161 g/mol. The molecule has 62 valence electrons. The van der Waals surface area contributed by atoms with Gasteiger partial charge < -0.3 is 0 Å². The summed E-state index contributed by atoms with van der Waals surface area (Å²) in [7, 11) is 0.